The molecule has 0 amide bonds. The lowest BCUT2D eigenvalue weighted by Gasteiger charge is -2.26. The Bertz CT molecular complexity index is 220. The quantitative estimate of drug-likeness (QED) is 0.550. The molecule has 0 aliphatic heterocycles. The predicted molar refractivity (Wildman–Crippen MR) is 57.4 cm³/mol. The van der Waals surface area contributed by atoms with E-state index in [0.29, 0.717) is 13.2 Å². The van der Waals surface area contributed by atoms with Crippen molar-refractivity contribution in [3.8, 4) is 0 Å². The maximum Gasteiger partial charge on any atom is 0.313 e. The highest BCUT2D eigenvalue weighted by Crippen LogP contribution is 2.37. The molecule has 0 aromatic heterocycles. The standard InChI is InChI=1S/C11H21NO3/c1-11(6-3-5-9(11)12)10(13)15-8-4-7-14-2/h9H,3-8,12H2,1-2H3. The summed E-state index contributed by atoms with van der Waals surface area (Å²) in [6, 6.07) is -0.0487. The Balaban J connectivity index is 2.32. The van der Waals surface area contributed by atoms with Gasteiger partial charge in [0.1, 0.15) is 0 Å². The van der Waals surface area contributed by atoms with Crippen molar-refractivity contribution in [1.29, 1.82) is 0 Å². The highest BCUT2D eigenvalue weighted by molar-refractivity contribution is 5.77. The smallest absolute Gasteiger partial charge is 0.313 e. The van der Waals surface area contributed by atoms with Crippen molar-refractivity contribution < 1.29 is 14.3 Å². The molecule has 1 fully saturated rings. The molecular weight excluding hydrogens is 194 g/mol. The number of methoxy groups -OCH3 is 1. The van der Waals surface area contributed by atoms with Crippen molar-refractivity contribution in [3.05, 3.63) is 0 Å². The van der Waals surface area contributed by atoms with E-state index in [1.54, 1.807) is 7.11 Å². The van der Waals surface area contributed by atoms with Crippen molar-refractivity contribution in [2.75, 3.05) is 20.3 Å². The van der Waals surface area contributed by atoms with E-state index in [1.165, 1.54) is 0 Å². The molecule has 0 heterocycles. The molecule has 0 radical (unpaired) electrons. The van der Waals surface area contributed by atoms with Crippen LogP contribution in [0.1, 0.15) is 32.6 Å². The molecule has 88 valence electrons. The topological polar surface area (TPSA) is 61.5 Å². The molecule has 0 spiro atoms. The fourth-order valence-electron chi connectivity index (χ4n) is 1.98. The lowest BCUT2D eigenvalue weighted by atomic mass is 9.85. The van der Waals surface area contributed by atoms with E-state index in [-0.39, 0.29) is 12.0 Å². The molecule has 1 aliphatic rings. The highest BCUT2D eigenvalue weighted by Gasteiger charge is 2.44. The summed E-state index contributed by atoms with van der Waals surface area (Å²) in [5, 5.41) is 0. The van der Waals surface area contributed by atoms with E-state index in [0.717, 1.165) is 25.7 Å². The van der Waals surface area contributed by atoms with Crippen LogP contribution in [-0.4, -0.2) is 32.3 Å². The number of rotatable bonds is 5. The summed E-state index contributed by atoms with van der Waals surface area (Å²) in [4.78, 5) is 11.8. The van der Waals surface area contributed by atoms with Gasteiger partial charge < -0.3 is 15.2 Å². The Hall–Kier alpha value is -0.610. The van der Waals surface area contributed by atoms with Crippen LogP contribution in [0, 0.1) is 5.41 Å². The van der Waals surface area contributed by atoms with Gasteiger partial charge in [-0.2, -0.15) is 0 Å². The van der Waals surface area contributed by atoms with Gasteiger partial charge in [0.25, 0.3) is 0 Å². The Labute approximate surface area is 91.1 Å². The minimum atomic E-state index is -0.465. The third-order valence-electron chi connectivity index (χ3n) is 3.22. The zero-order valence-corrected chi connectivity index (χ0v) is 9.62. The van der Waals surface area contributed by atoms with Crippen LogP contribution in [0.2, 0.25) is 0 Å². The SMILES string of the molecule is COCCCOC(=O)C1(C)CCCC1N. The van der Waals surface area contributed by atoms with Crippen molar-refractivity contribution in [2.24, 2.45) is 11.1 Å². The molecule has 15 heavy (non-hydrogen) atoms. The number of ether oxygens (including phenoxy) is 2. The van der Waals surface area contributed by atoms with E-state index in [1.807, 2.05) is 6.92 Å². The third kappa shape index (κ3) is 2.92. The van der Waals surface area contributed by atoms with Crippen LogP contribution in [0.5, 0.6) is 0 Å². The zero-order valence-electron chi connectivity index (χ0n) is 9.62. The van der Waals surface area contributed by atoms with Gasteiger partial charge in [-0.05, 0) is 19.8 Å². The van der Waals surface area contributed by atoms with Gasteiger partial charge in [0.15, 0.2) is 0 Å². The van der Waals surface area contributed by atoms with Gasteiger partial charge in [0.05, 0.1) is 12.0 Å². The van der Waals surface area contributed by atoms with Crippen LogP contribution in [0.15, 0.2) is 0 Å². The highest BCUT2D eigenvalue weighted by atomic mass is 16.5. The van der Waals surface area contributed by atoms with Crippen LogP contribution >= 0.6 is 0 Å². The molecule has 4 nitrogen and oxygen atoms in total. The van der Waals surface area contributed by atoms with Gasteiger partial charge >= 0.3 is 5.97 Å². The van der Waals surface area contributed by atoms with Crippen LogP contribution in [0.25, 0.3) is 0 Å². The number of esters is 1. The molecular formula is C11H21NO3. The minimum Gasteiger partial charge on any atom is -0.465 e. The van der Waals surface area contributed by atoms with Crippen molar-refractivity contribution in [1.82, 2.24) is 0 Å². The Morgan fingerprint density at radius 2 is 2.27 bits per heavy atom. The molecule has 1 rings (SSSR count). The number of hydrogen-bond acceptors (Lipinski definition) is 4. The molecule has 0 saturated heterocycles. The lowest BCUT2D eigenvalue weighted by Crippen LogP contribution is -2.42. The second kappa shape index (κ2) is 5.47. The third-order valence-corrected chi connectivity index (χ3v) is 3.22. The number of carbonyl (C=O) groups is 1. The lowest BCUT2D eigenvalue weighted by molar-refractivity contribution is -0.155. The van der Waals surface area contributed by atoms with Crippen LogP contribution in [-0.2, 0) is 14.3 Å². The second-order valence-electron chi connectivity index (χ2n) is 4.40. The van der Waals surface area contributed by atoms with Gasteiger partial charge in [-0.1, -0.05) is 6.42 Å². The molecule has 1 saturated carbocycles. The first-order chi connectivity index (χ1) is 7.11. The van der Waals surface area contributed by atoms with E-state index in [9.17, 15) is 4.79 Å². The maximum absolute atomic E-state index is 11.8. The van der Waals surface area contributed by atoms with E-state index in [2.05, 4.69) is 0 Å². The zero-order chi connectivity index (χ0) is 11.3. The molecule has 0 aromatic rings. The summed E-state index contributed by atoms with van der Waals surface area (Å²) in [7, 11) is 1.63. The van der Waals surface area contributed by atoms with Gasteiger partial charge in [-0.3, -0.25) is 4.79 Å². The summed E-state index contributed by atoms with van der Waals surface area (Å²) in [5.74, 6) is -0.149. The molecule has 0 bridgehead atoms. The number of nitrogens with two attached hydrogens (primary N) is 1. The normalized spacial score (nSPS) is 30.5. The van der Waals surface area contributed by atoms with Crippen LogP contribution in [0.4, 0.5) is 0 Å². The second-order valence-corrected chi connectivity index (χ2v) is 4.40. The summed E-state index contributed by atoms with van der Waals surface area (Å²) >= 11 is 0. The first-order valence-corrected chi connectivity index (χ1v) is 5.53. The fraction of sp³-hybridized carbons (Fsp3) is 0.909. The minimum absolute atomic E-state index is 0.0487. The molecule has 1 aliphatic carbocycles. The summed E-state index contributed by atoms with van der Waals surface area (Å²) in [6.07, 6.45) is 3.53. The molecule has 2 unspecified atom stereocenters. The molecule has 0 aromatic carbocycles. The Kier molecular flexibility index (Phi) is 4.54. The first kappa shape index (κ1) is 12.5. The largest absolute Gasteiger partial charge is 0.465 e. The average Bonchev–Trinajstić information content (AvgIpc) is 2.55. The van der Waals surface area contributed by atoms with Crippen molar-refractivity contribution >= 4 is 5.97 Å². The molecule has 2 N–H and O–H groups in total. The summed E-state index contributed by atoms with van der Waals surface area (Å²) < 4.78 is 10.1. The van der Waals surface area contributed by atoms with Crippen LogP contribution in [0.3, 0.4) is 0 Å². The predicted octanol–water partition coefficient (Wildman–Crippen LogP) is 1.08. The summed E-state index contributed by atoms with van der Waals surface area (Å²) in [5.41, 5.74) is 5.45. The van der Waals surface area contributed by atoms with Crippen molar-refractivity contribution in [2.45, 2.75) is 38.6 Å². The Morgan fingerprint density at radius 1 is 1.53 bits per heavy atom. The number of carbonyl (C=O) groups excluding carboxylic acids is 1. The molecule has 4 heteroatoms. The average molecular weight is 215 g/mol. The Morgan fingerprint density at radius 3 is 2.80 bits per heavy atom. The van der Waals surface area contributed by atoms with Crippen LogP contribution < -0.4 is 5.73 Å². The van der Waals surface area contributed by atoms with Crippen molar-refractivity contribution in [3.63, 3.8) is 0 Å². The van der Waals surface area contributed by atoms with Gasteiger partial charge in [0, 0.05) is 26.2 Å². The maximum atomic E-state index is 11.8. The first-order valence-electron chi connectivity index (χ1n) is 5.53. The van der Waals surface area contributed by atoms with E-state index in [4.69, 9.17) is 15.2 Å². The van der Waals surface area contributed by atoms with E-state index < -0.39 is 5.41 Å². The van der Waals surface area contributed by atoms with Gasteiger partial charge in [-0.15, -0.1) is 0 Å². The molecule has 2 atom stereocenters. The fourth-order valence-corrected chi connectivity index (χ4v) is 1.98. The van der Waals surface area contributed by atoms with E-state index >= 15 is 0 Å². The monoisotopic (exact) mass is 215 g/mol. The summed E-state index contributed by atoms with van der Waals surface area (Å²) in [6.45, 7) is 2.95. The van der Waals surface area contributed by atoms with Gasteiger partial charge in [0.2, 0.25) is 0 Å². The number of hydrogen-bond donors (Lipinski definition) is 1. The van der Waals surface area contributed by atoms with Gasteiger partial charge in [-0.25, -0.2) is 0 Å².